The molecule has 4 heteroatoms. The normalized spacial score (nSPS) is 12.5. The van der Waals surface area contributed by atoms with Crippen LogP contribution < -0.4 is 4.90 Å². The first-order chi connectivity index (χ1) is 7.65. The number of aliphatic hydroxyl groups excluding tert-OH is 1. The fraction of sp³-hybridized carbons (Fsp3) is 0.583. The smallest absolute Gasteiger partial charge is 0.128 e. The maximum absolute atomic E-state index is 9.48. The molecule has 1 heterocycles. The minimum absolute atomic E-state index is 0.450. The zero-order valence-electron chi connectivity index (χ0n) is 10.2. The van der Waals surface area contributed by atoms with Crippen molar-refractivity contribution in [3.63, 3.8) is 0 Å². The molecule has 0 radical (unpaired) electrons. The molecule has 1 aromatic heterocycles. The van der Waals surface area contributed by atoms with Crippen LogP contribution in [0.3, 0.4) is 0 Å². The van der Waals surface area contributed by atoms with E-state index in [4.69, 9.17) is 4.74 Å². The van der Waals surface area contributed by atoms with E-state index in [-0.39, 0.29) is 0 Å². The summed E-state index contributed by atoms with van der Waals surface area (Å²) in [5, 5.41) is 9.48. The molecule has 1 N–H and O–H groups in total. The summed E-state index contributed by atoms with van der Waals surface area (Å²) in [6.45, 7) is 3.40. The topological polar surface area (TPSA) is 45.6 Å². The monoisotopic (exact) mass is 224 g/mol. The summed E-state index contributed by atoms with van der Waals surface area (Å²) in [5.41, 5.74) is 0.892. The molecule has 0 fully saturated rings. The first-order valence-corrected chi connectivity index (χ1v) is 5.49. The van der Waals surface area contributed by atoms with Crippen molar-refractivity contribution < 1.29 is 9.84 Å². The molecule has 4 nitrogen and oxygen atoms in total. The zero-order valence-corrected chi connectivity index (χ0v) is 10.2. The highest BCUT2D eigenvalue weighted by Crippen LogP contribution is 2.16. The summed E-state index contributed by atoms with van der Waals surface area (Å²) in [6.07, 6.45) is 2.24. The molecule has 0 aliphatic rings. The Morgan fingerprint density at radius 1 is 1.56 bits per heavy atom. The van der Waals surface area contributed by atoms with Gasteiger partial charge < -0.3 is 14.7 Å². The minimum atomic E-state index is -0.450. The van der Waals surface area contributed by atoms with E-state index in [1.807, 2.05) is 19.2 Å². The van der Waals surface area contributed by atoms with Gasteiger partial charge in [-0.25, -0.2) is 4.98 Å². The van der Waals surface area contributed by atoms with Crippen LogP contribution in [0.5, 0.6) is 0 Å². The molecule has 0 bridgehead atoms. The molecule has 1 aromatic rings. The van der Waals surface area contributed by atoms with Crippen molar-refractivity contribution in [2.75, 3.05) is 32.2 Å². The molecule has 0 saturated heterocycles. The number of aromatic nitrogens is 1. The van der Waals surface area contributed by atoms with Crippen LogP contribution in [0.2, 0.25) is 0 Å². The predicted molar refractivity (Wildman–Crippen MR) is 64.6 cm³/mol. The van der Waals surface area contributed by atoms with Crippen LogP contribution in [0, 0.1) is 0 Å². The van der Waals surface area contributed by atoms with Crippen molar-refractivity contribution in [2.45, 2.75) is 19.4 Å². The molecule has 0 saturated carbocycles. The lowest BCUT2D eigenvalue weighted by Crippen LogP contribution is -2.21. The average molecular weight is 224 g/mol. The highest BCUT2D eigenvalue weighted by atomic mass is 16.5. The summed E-state index contributed by atoms with van der Waals surface area (Å²) in [5.74, 6) is 0.884. The third kappa shape index (κ3) is 3.79. The van der Waals surface area contributed by atoms with E-state index in [9.17, 15) is 5.11 Å². The second-order valence-electron chi connectivity index (χ2n) is 3.89. The highest BCUT2D eigenvalue weighted by molar-refractivity contribution is 5.40. The summed E-state index contributed by atoms with van der Waals surface area (Å²) < 4.78 is 5.00. The Morgan fingerprint density at radius 3 is 2.94 bits per heavy atom. The van der Waals surface area contributed by atoms with Crippen molar-refractivity contribution in [3.8, 4) is 0 Å². The first kappa shape index (κ1) is 12.9. The largest absolute Gasteiger partial charge is 0.389 e. The van der Waals surface area contributed by atoms with Gasteiger partial charge in [-0.3, -0.25) is 0 Å². The number of anilines is 1. The number of hydrogen-bond donors (Lipinski definition) is 1. The molecule has 1 rings (SSSR count). The number of methoxy groups -OCH3 is 1. The van der Waals surface area contributed by atoms with Gasteiger partial charge in [-0.1, -0.05) is 0 Å². The molecular weight excluding hydrogens is 204 g/mol. The van der Waals surface area contributed by atoms with Crippen molar-refractivity contribution in [2.24, 2.45) is 0 Å². The van der Waals surface area contributed by atoms with E-state index in [2.05, 4.69) is 9.88 Å². The molecule has 16 heavy (non-hydrogen) atoms. The molecule has 0 aliphatic heterocycles. The van der Waals surface area contributed by atoms with Crippen LogP contribution in [0.1, 0.15) is 25.0 Å². The number of nitrogens with zero attached hydrogens (tertiary/aromatic N) is 2. The van der Waals surface area contributed by atoms with E-state index in [1.165, 1.54) is 0 Å². The van der Waals surface area contributed by atoms with Crippen LogP contribution in [-0.2, 0) is 4.74 Å². The Labute approximate surface area is 96.9 Å². The molecule has 0 aromatic carbocycles. The Kier molecular flexibility index (Phi) is 5.22. The molecule has 0 amide bonds. The maximum atomic E-state index is 9.48. The average Bonchev–Trinajstić information content (AvgIpc) is 2.29. The summed E-state index contributed by atoms with van der Waals surface area (Å²) in [6, 6.07) is 3.74. The lowest BCUT2D eigenvalue weighted by Gasteiger charge is -2.18. The number of pyridine rings is 1. The van der Waals surface area contributed by atoms with Crippen LogP contribution in [-0.4, -0.2) is 37.4 Å². The van der Waals surface area contributed by atoms with Gasteiger partial charge in [0, 0.05) is 33.5 Å². The van der Waals surface area contributed by atoms with Gasteiger partial charge in [0.15, 0.2) is 0 Å². The third-order valence-corrected chi connectivity index (χ3v) is 2.49. The summed E-state index contributed by atoms with van der Waals surface area (Å²) in [7, 11) is 3.69. The lowest BCUT2D eigenvalue weighted by molar-refractivity contribution is 0.196. The number of ether oxygens (including phenoxy) is 1. The van der Waals surface area contributed by atoms with Gasteiger partial charge in [0.2, 0.25) is 0 Å². The molecule has 90 valence electrons. The van der Waals surface area contributed by atoms with Crippen molar-refractivity contribution in [1.82, 2.24) is 4.98 Å². The quantitative estimate of drug-likeness (QED) is 0.746. The van der Waals surface area contributed by atoms with Gasteiger partial charge >= 0.3 is 0 Å². The number of hydrogen-bond acceptors (Lipinski definition) is 4. The Balaban J connectivity index is 2.60. The van der Waals surface area contributed by atoms with Crippen LogP contribution >= 0.6 is 0 Å². The van der Waals surface area contributed by atoms with E-state index in [0.29, 0.717) is 0 Å². The minimum Gasteiger partial charge on any atom is -0.389 e. The van der Waals surface area contributed by atoms with Crippen LogP contribution in [0.4, 0.5) is 5.82 Å². The van der Waals surface area contributed by atoms with Crippen molar-refractivity contribution in [1.29, 1.82) is 0 Å². The molecule has 0 unspecified atom stereocenters. The van der Waals surface area contributed by atoms with E-state index < -0.39 is 6.10 Å². The van der Waals surface area contributed by atoms with E-state index >= 15 is 0 Å². The molecule has 0 spiro atoms. The SMILES string of the molecule is COCCCN(C)c1cc([C@H](C)O)ccn1. The summed E-state index contributed by atoms with van der Waals surface area (Å²) >= 11 is 0. The van der Waals surface area contributed by atoms with E-state index in [1.54, 1.807) is 20.2 Å². The van der Waals surface area contributed by atoms with Gasteiger partial charge in [-0.05, 0) is 31.0 Å². The Morgan fingerprint density at radius 2 is 2.31 bits per heavy atom. The van der Waals surface area contributed by atoms with Crippen LogP contribution in [0.25, 0.3) is 0 Å². The zero-order chi connectivity index (χ0) is 12.0. The second kappa shape index (κ2) is 6.45. The highest BCUT2D eigenvalue weighted by Gasteiger charge is 2.06. The number of aliphatic hydroxyl groups is 1. The van der Waals surface area contributed by atoms with Gasteiger partial charge in [-0.2, -0.15) is 0 Å². The van der Waals surface area contributed by atoms with E-state index in [0.717, 1.165) is 31.0 Å². The summed E-state index contributed by atoms with van der Waals surface area (Å²) in [4.78, 5) is 6.33. The Hall–Kier alpha value is -1.13. The Bertz CT molecular complexity index is 316. The van der Waals surface area contributed by atoms with Gasteiger partial charge in [0.25, 0.3) is 0 Å². The molecule has 0 aliphatic carbocycles. The first-order valence-electron chi connectivity index (χ1n) is 5.49. The lowest BCUT2D eigenvalue weighted by atomic mass is 10.1. The predicted octanol–water partition coefficient (Wildman–Crippen LogP) is 1.61. The maximum Gasteiger partial charge on any atom is 0.128 e. The third-order valence-electron chi connectivity index (χ3n) is 2.49. The van der Waals surface area contributed by atoms with Crippen molar-refractivity contribution >= 4 is 5.82 Å². The number of rotatable bonds is 6. The molecule has 1 atom stereocenters. The van der Waals surface area contributed by atoms with Crippen LogP contribution in [0.15, 0.2) is 18.3 Å². The second-order valence-corrected chi connectivity index (χ2v) is 3.89. The fourth-order valence-electron chi connectivity index (χ4n) is 1.46. The van der Waals surface area contributed by atoms with Gasteiger partial charge in [0.05, 0.1) is 6.10 Å². The molecular formula is C12H20N2O2. The van der Waals surface area contributed by atoms with Crippen molar-refractivity contribution in [3.05, 3.63) is 23.9 Å². The standard InChI is InChI=1S/C12H20N2O2/c1-10(15)11-5-6-13-12(9-11)14(2)7-4-8-16-3/h5-6,9-10,15H,4,7-8H2,1-3H3/t10-/m0/s1. The fourth-order valence-corrected chi connectivity index (χ4v) is 1.46. The van der Waals surface area contributed by atoms with Gasteiger partial charge in [0.1, 0.15) is 5.82 Å². The van der Waals surface area contributed by atoms with Gasteiger partial charge in [-0.15, -0.1) is 0 Å².